The van der Waals surface area contributed by atoms with E-state index in [1.165, 1.54) is 6.33 Å². The van der Waals surface area contributed by atoms with Crippen LogP contribution in [0, 0.1) is 5.92 Å². The summed E-state index contributed by atoms with van der Waals surface area (Å²) in [6.07, 6.45) is 3.15. The smallest absolute Gasteiger partial charge is 0.225 e. The van der Waals surface area contributed by atoms with Gasteiger partial charge in [0.1, 0.15) is 12.7 Å². The fraction of sp³-hybridized carbons (Fsp3) is 0.400. The van der Waals surface area contributed by atoms with Crippen LogP contribution in [0.5, 0.6) is 0 Å². The van der Waals surface area contributed by atoms with Crippen LogP contribution in [-0.2, 0) is 11.3 Å². The normalized spacial score (nSPS) is 15.5. The molecular weight excluding hydrogens is 302 g/mol. The van der Waals surface area contributed by atoms with Gasteiger partial charge in [-0.2, -0.15) is 5.10 Å². The average molecular weight is 320 g/mol. The fourth-order valence-electron chi connectivity index (χ4n) is 2.64. The zero-order valence-corrected chi connectivity index (χ0v) is 13.1. The summed E-state index contributed by atoms with van der Waals surface area (Å²) in [4.78, 5) is 18.0. The Hall–Kier alpha value is -1.92. The lowest BCUT2D eigenvalue weighted by molar-refractivity contribution is -0.130. The maximum Gasteiger partial charge on any atom is 0.225 e. The Morgan fingerprint density at radius 2 is 2.27 bits per heavy atom. The molecule has 116 valence electrons. The number of amides is 1. The fourth-order valence-corrected chi connectivity index (χ4v) is 2.81. The largest absolute Gasteiger partial charge is 0.356 e. The number of nitrogens with zero attached hydrogens (tertiary/aromatic N) is 4. The molecule has 7 heteroatoms. The van der Waals surface area contributed by atoms with E-state index in [1.54, 1.807) is 11.0 Å². The van der Waals surface area contributed by atoms with Gasteiger partial charge in [0.25, 0.3) is 0 Å². The van der Waals surface area contributed by atoms with Crippen molar-refractivity contribution in [1.29, 1.82) is 0 Å². The lowest BCUT2D eigenvalue weighted by Gasteiger charge is -2.38. The Morgan fingerprint density at radius 3 is 2.95 bits per heavy atom. The molecular formula is C15H18ClN5O. The van der Waals surface area contributed by atoms with Crippen molar-refractivity contribution in [3.63, 3.8) is 0 Å². The van der Waals surface area contributed by atoms with Crippen LogP contribution in [-0.4, -0.2) is 45.2 Å². The third-order valence-corrected chi connectivity index (χ3v) is 4.02. The van der Waals surface area contributed by atoms with Gasteiger partial charge in [0, 0.05) is 31.2 Å². The first-order valence-corrected chi connectivity index (χ1v) is 7.68. The Bertz CT molecular complexity index is 652. The van der Waals surface area contributed by atoms with Gasteiger partial charge in [0.2, 0.25) is 5.91 Å². The van der Waals surface area contributed by atoms with Gasteiger partial charge in [-0.05, 0) is 24.6 Å². The number of carbonyl (C=O) groups is 1. The van der Waals surface area contributed by atoms with Gasteiger partial charge >= 0.3 is 0 Å². The van der Waals surface area contributed by atoms with E-state index in [0.29, 0.717) is 11.6 Å². The lowest BCUT2D eigenvalue weighted by Crippen LogP contribution is -2.53. The molecule has 1 saturated heterocycles. The van der Waals surface area contributed by atoms with Gasteiger partial charge in [-0.15, -0.1) is 0 Å². The molecule has 22 heavy (non-hydrogen) atoms. The van der Waals surface area contributed by atoms with E-state index in [-0.39, 0.29) is 11.8 Å². The highest BCUT2D eigenvalue weighted by Gasteiger charge is 2.32. The molecule has 6 nitrogen and oxygen atoms in total. The molecule has 0 saturated carbocycles. The topological polar surface area (TPSA) is 63.1 Å². The van der Waals surface area contributed by atoms with E-state index < -0.39 is 0 Å². The van der Waals surface area contributed by atoms with Crippen molar-refractivity contribution in [2.45, 2.75) is 13.5 Å². The third-order valence-electron chi connectivity index (χ3n) is 3.79. The minimum Gasteiger partial charge on any atom is -0.356 e. The van der Waals surface area contributed by atoms with Gasteiger partial charge in [-0.25, -0.2) is 9.67 Å². The molecule has 3 rings (SSSR count). The molecule has 0 radical (unpaired) electrons. The van der Waals surface area contributed by atoms with Gasteiger partial charge in [-0.3, -0.25) is 9.69 Å². The van der Waals surface area contributed by atoms with E-state index in [2.05, 4.69) is 20.3 Å². The number of nitrogens with one attached hydrogen (secondary N) is 1. The molecule has 1 aliphatic rings. The Labute approximate surface area is 134 Å². The second-order valence-electron chi connectivity index (χ2n) is 5.40. The second kappa shape index (κ2) is 6.46. The molecule has 1 aromatic carbocycles. The van der Waals surface area contributed by atoms with Crippen molar-refractivity contribution >= 4 is 17.5 Å². The molecule has 1 aromatic heterocycles. The van der Waals surface area contributed by atoms with Crippen LogP contribution in [0.15, 0.2) is 30.9 Å². The first-order chi connectivity index (χ1) is 10.7. The molecule has 1 fully saturated rings. The molecule has 0 atom stereocenters. The SMILES string of the molecule is CCNC(=O)C1CN(Cc2ccc(Cl)cc2-n2cncn2)C1. The standard InChI is InChI=1S/C15H18ClN5O/c1-2-18-15(22)12-7-20(8-12)6-11-3-4-13(16)5-14(11)21-10-17-9-19-21/h3-5,9-10,12H,2,6-8H2,1H3,(H,18,22). The maximum atomic E-state index is 11.7. The molecule has 2 heterocycles. The van der Waals surface area contributed by atoms with E-state index in [4.69, 9.17) is 11.6 Å². The number of likely N-dealkylation sites (tertiary alicyclic amines) is 1. The maximum absolute atomic E-state index is 11.7. The first-order valence-electron chi connectivity index (χ1n) is 7.31. The van der Waals surface area contributed by atoms with Crippen LogP contribution in [0.4, 0.5) is 0 Å². The number of benzene rings is 1. The Balaban J connectivity index is 1.68. The third kappa shape index (κ3) is 3.13. The Morgan fingerprint density at radius 1 is 1.45 bits per heavy atom. The highest BCUT2D eigenvalue weighted by atomic mass is 35.5. The van der Waals surface area contributed by atoms with E-state index >= 15 is 0 Å². The molecule has 1 aliphatic heterocycles. The van der Waals surface area contributed by atoms with Crippen molar-refractivity contribution in [1.82, 2.24) is 25.0 Å². The minimum absolute atomic E-state index is 0.0991. The van der Waals surface area contributed by atoms with Crippen molar-refractivity contribution in [3.05, 3.63) is 41.4 Å². The summed E-state index contributed by atoms with van der Waals surface area (Å²) < 4.78 is 1.71. The molecule has 1 amide bonds. The number of hydrogen-bond donors (Lipinski definition) is 1. The molecule has 1 N–H and O–H groups in total. The number of halogens is 1. The first kappa shape index (κ1) is 15.0. The molecule has 0 unspecified atom stereocenters. The van der Waals surface area contributed by atoms with Crippen LogP contribution in [0.25, 0.3) is 5.69 Å². The van der Waals surface area contributed by atoms with Crippen molar-refractivity contribution in [2.75, 3.05) is 19.6 Å². The van der Waals surface area contributed by atoms with Crippen LogP contribution < -0.4 is 5.32 Å². The minimum atomic E-state index is 0.0991. The van der Waals surface area contributed by atoms with Gasteiger partial charge in [0.15, 0.2) is 0 Å². The van der Waals surface area contributed by atoms with Crippen LogP contribution in [0.1, 0.15) is 12.5 Å². The average Bonchev–Trinajstić information content (AvgIpc) is 2.97. The van der Waals surface area contributed by atoms with Gasteiger partial charge in [-0.1, -0.05) is 17.7 Å². The number of hydrogen-bond acceptors (Lipinski definition) is 4. The summed E-state index contributed by atoms with van der Waals surface area (Å²) in [6, 6.07) is 5.75. The second-order valence-corrected chi connectivity index (χ2v) is 5.84. The van der Waals surface area contributed by atoms with Crippen LogP contribution >= 0.6 is 11.6 Å². The van der Waals surface area contributed by atoms with E-state index in [1.807, 2.05) is 25.1 Å². The Kier molecular flexibility index (Phi) is 4.40. The number of carbonyl (C=O) groups excluding carboxylic acids is 1. The van der Waals surface area contributed by atoms with Gasteiger partial charge in [0.05, 0.1) is 11.6 Å². The zero-order valence-electron chi connectivity index (χ0n) is 12.4. The number of rotatable bonds is 5. The summed E-state index contributed by atoms with van der Waals surface area (Å²) >= 11 is 6.09. The summed E-state index contributed by atoms with van der Waals surface area (Å²) in [5.74, 6) is 0.244. The monoisotopic (exact) mass is 319 g/mol. The number of aromatic nitrogens is 3. The highest BCUT2D eigenvalue weighted by Crippen LogP contribution is 2.24. The van der Waals surface area contributed by atoms with Crippen LogP contribution in [0.3, 0.4) is 0 Å². The van der Waals surface area contributed by atoms with Crippen molar-refractivity contribution in [2.24, 2.45) is 5.92 Å². The molecule has 0 bridgehead atoms. The predicted octanol–water partition coefficient (Wildman–Crippen LogP) is 1.49. The van der Waals surface area contributed by atoms with Gasteiger partial charge < -0.3 is 5.32 Å². The van der Waals surface area contributed by atoms with Crippen molar-refractivity contribution in [3.8, 4) is 5.69 Å². The quantitative estimate of drug-likeness (QED) is 0.907. The molecule has 0 spiro atoms. The molecule has 0 aliphatic carbocycles. The summed E-state index contributed by atoms with van der Waals surface area (Å²) in [7, 11) is 0. The van der Waals surface area contributed by atoms with E-state index in [0.717, 1.165) is 30.9 Å². The summed E-state index contributed by atoms with van der Waals surface area (Å²) in [5.41, 5.74) is 2.04. The zero-order chi connectivity index (χ0) is 15.5. The van der Waals surface area contributed by atoms with Crippen LogP contribution in [0.2, 0.25) is 5.02 Å². The lowest BCUT2D eigenvalue weighted by atomic mass is 9.98. The predicted molar refractivity (Wildman–Crippen MR) is 83.8 cm³/mol. The summed E-state index contributed by atoms with van der Waals surface area (Å²) in [6.45, 7) is 4.95. The highest BCUT2D eigenvalue weighted by molar-refractivity contribution is 6.30. The summed E-state index contributed by atoms with van der Waals surface area (Å²) in [5, 5.41) is 7.70. The van der Waals surface area contributed by atoms with E-state index in [9.17, 15) is 4.79 Å². The molecule has 2 aromatic rings. The van der Waals surface area contributed by atoms with Crippen molar-refractivity contribution < 1.29 is 4.79 Å².